The molecule has 1 atom stereocenters. The number of alkyl halides is 1. The van der Waals surface area contributed by atoms with Gasteiger partial charge in [0, 0.05) is 11.2 Å². The van der Waals surface area contributed by atoms with Crippen LogP contribution in [0.4, 0.5) is 0 Å². The number of nitriles is 1. The third-order valence-electron chi connectivity index (χ3n) is 1.01. The predicted molar refractivity (Wildman–Crippen MR) is 37.9 cm³/mol. The zero-order valence-electron chi connectivity index (χ0n) is 5.02. The average molecular weight is 176 g/mol. The lowest BCUT2D eigenvalue weighted by atomic mass is 10.2. The van der Waals surface area contributed by atoms with E-state index in [2.05, 4.69) is 28.9 Å². The van der Waals surface area contributed by atoms with Gasteiger partial charge in [-0.15, -0.1) is 0 Å². The molecule has 0 aliphatic rings. The molecule has 0 saturated carbocycles. The van der Waals surface area contributed by atoms with Crippen molar-refractivity contribution in [1.82, 2.24) is 0 Å². The number of hydrogen-bond donors (Lipinski definition) is 0. The van der Waals surface area contributed by atoms with E-state index in [1.165, 1.54) is 0 Å². The van der Waals surface area contributed by atoms with Gasteiger partial charge in [-0.2, -0.15) is 5.26 Å². The maximum atomic E-state index is 8.14. The van der Waals surface area contributed by atoms with E-state index in [1.807, 2.05) is 0 Å². The lowest BCUT2D eigenvalue weighted by molar-refractivity contribution is 0.765. The molecule has 0 aliphatic carbocycles. The first kappa shape index (κ1) is 7.97. The van der Waals surface area contributed by atoms with Crippen LogP contribution in [0.1, 0.15) is 26.2 Å². The van der Waals surface area contributed by atoms with Crippen LogP contribution in [0.5, 0.6) is 0 Å². The molecule has 0 saturated heterocycles. The summed E-state index contributed by atoms with van der Waals surface area (Å²) in [6.45, 7) is 2.11. The smallest absolute Gasteiger partial charge is 0.0622 e. The Labute approximate surface area is 58.8 Å². The molecule has 0 aliphatic heterocycles. The van der Waals surface area contributed by atoms with Gasteiger partial charge in [-0.1, -0.05) is 22.9 Å². The second-order valence-corrected chi connectivity index (χ2v) is 3.00. The van der Waals surface area contributed by atoms with Crippen molar-refractivity contribution in [1.29, 1.82) is 5.26 Å². The zero-order chi connectivity index (χ0) is 6.41. The first-order valence-electron chi connectivity index (χ1n) is 2.82. The highest BCUT2D eigenvalue weighted by atomic mass is 79.9. The van der Waals surface area contributed by atoms with Crippen molar-refractivity contribution in [2.24, 2.45) is 0 Å². The fourth-order valence-corrected chi connectivity index (χ4v) is 0.654. The van der Waals surface area contributed by atoms with E-state index in [-0.39, 0.29) is 0 Å². The van der Waals surface area contributed by atoms with Crippen molar-refractivity contribution in [3.8, 4) is 6.07 Å². The average Bonchev–Trinajstić information content (AvgIpc) is 1.83. The molecule has 0 spiro atoms. The minimum Gasteiger partial charge on any atom is -0.198 e. The topological polar surface area (TPSA) is 23.8 Å². The van der Waals surface area contributed by atoms with Gasteiger partial charge in [0.05, 0.1) is 6.07 Å². The highest BCUT2D eigenvalue weighted by Gasteiger charge is 1.97. The third kappa shape index (κ3) is 4.14. The van der Waals surface area contributed by atoms with Gasteiger partial charge in [-0.3, -0.25) is 0 Å². The van der Waals surface area contributed by atoms with Crippen molar-refractivity contribution in [2.75, 3.05) is 0 Å². The van der Waals surface area contributed by atoms with Crippen LogP contribution in [0.25, 0.3) is 0 Å². The second kappa shape index (κ2) is 5.11. The van der Waals surface area contributed by atoms with E-state index in [9.17, 15) is 0 Å². The number of halogens is 1. The van der Waals surface area contributed by atoms with Crippen LogP contribution in [0.15, 0.2) is 0 Å². The second-order valence-electron chi connectivity index (χ2n) is 1.70. The Morgan fingerprint density at radius 3 is 2.75 bits per heavy atom. The molecule has 0 amide bonds. The summed E-state index contributed by atoms with van der Waals surface area (Å²) in [4.78, 5) is 0.544. The Morgan fingerprint density at radius 2 is 2.38 bits per heavy atom. The van der Waals surface area contributed by atoms with Gasteiger partial charge in [0.15, 0.2) is 0 Å². The van der Waals surface area contributed by atoms with Crippen LogP contribution in [0, 0.1) is 11.3 Å². The molecule has 2 heteroatoms. The van der Waals surface area contributed by atoms with E-state index in [1.54, 1.807) is 0 Å². The van der Waals surface area contributed by atoms with Crippen LogP contribution in [-0.2, 0) is 0 Å². The summed E-state index contributed by atoms with van der Waals surface area (Å²) in [5.74, 6) is 0. The Bertz CT molecular complexity index is 85.0. The molecule has 46 valence electrons. The zero-order valence-corrected chi connectivity index (χ0v) is 6.61. The fraction of sp³-hybridized carbons (Fsp3) is 0.833. The molecule has 0 aromatic heterocycles. The summed E-state index contributed by atoms with van der Waals surface area (Å²) in [6, 6.07) is 2.10. The molecule has 0 fully saturated rings. The van der Waals surface area contributed by atoms with Crippen molar-refractivity contribution < 1.29 is 0 Å². The summed E-state index contributed by atoms with van der Waals surface area (Å²) in [5.41, 5.74) is 0. The molecule has 0 rings (SSSR count). The van der Waals surface area contributed by atoms with Crippen molar-refractivity contribution in [2.45, 2.75) is 31.0 Å². The highest BCUT2D eigenvalue weighted by molar-refractivity contribution is 9.09. The molecule has 1 nitrogen and oxygen atoms in total. The quantitative estimate of drug-likeness (QED) is 0.606. The van der Waals surface area contributed by atoms with Crippen LogP contribution in [0.3, 0.4) is 0 Å². The molecule has 0 aromatic carbocycles. The number of nitrogens with zero attached hydrogens (tertiary/aromatic N) is 1. The van der Waals surface area contributed by atoms with Crippen molar-refractivity contribution in [3.63, 3.8) is 0 Å². The van der Waals surface area contributed by atoms with E-state index < -0.39 is 0 Å². The molecule has 0 aromatic rings. The Hall–Kier alpha value is -0.0300. The first-order chi connectivity index (χ1) is 3.81. The number of rotatable bonds is 3. The van der Waals surface area contributed by atoms with Gasteiger partial charge in [0.1, 0.15) is 0 Å². The van der Waals surface area contributed by atoms with Crippen molar-refractivity contribution in [3.05, 3.63) is 0 Å². The van der Waals surface area contributed by atoms with E-state index >= 15 is 0 Å². The third-order valence-corrected chi connectivity index (χ3v) is 2.12. The van der Waals surface area contributed by atoms with Gasteiger partial charge in [0.25, 0.3) is 0 Å². The summed E-state index contributed by atoms with van der Waals surface area (Å²) >= 11 is 3.43. The maximum Gasteiger partial charge on any atom is 0.0622 e. The lowest BCUT2D eigenvalue weighted by Gasteiger charge is -1.99. The van der Waals surface area contributed by atoms with Crippen LogP contribution in [0.2, 0.25) is 0 Å². The Balaban J connectivity index is 3.01. The molecule has 0 N–H and O–H groups in total. The summed E-state index contributed by atoms with van der Waals surface area (Å²) in [5, 5.41) is 8.14. The molecule has 0 heterocycles. The van der Waals surface area contributed by atoms with E-state index in [0.717, 1.165) is 12.8 Å². The minimum atomic E-state index is 0.544. The molecule has 0 radical (unpaired) electrons. The SMILES string of the molecule is CCC(Br)CCC#N. The first-order valence-corrected chi connectivity index (χ1v) is 3.73. The van der Waals surface area contributed by atoms with Crippen LogP contribution < -0.4 is 0 Å². The normalized spacial score (nSPS) is 12.6. The minimum absolute atomic E-state index is 0.544. The van der Waals surface area contributed by atoms with Gasteiger partial charge in [0.2, 0.25) is 0 Å². The van der Waals surface area contributed by atoms with E-state index in [4.69, 9.17) is 5.26 Å². The van der Waals surface area contributed by atoms with Gasteiger partial charge in [-0.05, 0) is 12.8 Å². The Morgan fingerprint density at radius 1 is 1.75 bits per heavy atom. The summed E-state index contributed by atoms with van der Waals surface area (Å²) in [6.07, 6.45) is 2.76. The van der Waals surface area contributed by atoms with Crippen LogP contribution in [-0.4, -0.2) is 4.83 Å². The number of hydrogen-bond acceptors (Lipinski definition) is 1. The van der Waals surface area contributed by atoms with Gasteiger partial charge < -0.3 is 0 Å². The van der Waals surface area contributed by atoms with Gasteiger partial charge in [-0.25, -0.2) is 0 Å². The molecule has 8 heavy (non-hydrogen) atoms. The standard InChI is InChI=1S/C6H10BrN/c1-2-6(7)4-3-5-8/h6H,2-4H2,1H3. The molecule has 0 bridgehead atoms. The predicted octanol–water partition coefficient (Wildman–Crippen LogP) is 2.46. The molecular weight excluding hydrogens is 166 g/mol. The monoisotopic (exact) mass is 175 g/mol. The van der Waals surface area contributed by atoms with Gasteiger partial charge >= 0.3 is 0 Å². The Kier molecular flexibility index (Phi) is 5.09. The fourth-order valence-electron chi connectivity index (χ4n) is 0.425. The molecular formula is C6H10BrN. The van der Waals surface area contributed by atoms with E-state index in [0.29, 0.717) is 11.2 Å². The largest absolute Gasteiger partial charge is 0.198 e. The highest BCUT2D eigenvalue weighted by Crippen LogP contribution is 2.10. The lowest BCUT2D eigenvalue weighted by Crippen LogP contribution is -1.92. The summed E-state index contributed by atoms with van der Waals surface area (Å²) in [7, 11) is 0. The summed E-state index contributed by atoms with van der Waals surface area (Å²) < 4.78 is 0. The van der Waals surface area contributed by atoms with Crippen molar-refractivity contribution >= 4 is 15.9 Å². The molecule has 1 unspecified atom stereocenters. The van der Waals surface area contributed by atoms with Crippen LogP contribution >= 0.6 is 15.9 Å². The maximum absolute atomic E-state index is 8.14.